The summed E-state index contributed by atoms with van der Waals surface area (Å²) in [7, 11) is 1.77. The molecule has 0 aliphatic heterocycles. The maximum Gasteiger partial charge on any atom is 0.237 e. The molecule has 2 aromatic rings. The van der Waals surface area contributed by atoms with Crippen LogP contribution >= 0.6 is 0 Å². The third-order valence-electron chi connectivity index (χ3n) is 3.00. The lowest BCUT2D eigenvalue weighted by atomic mass is 10.1. The SMILES string of the molecule is CNC(C)C(=O)NCc1cccc2cccnc12. The number of nitrogens with zero attached hydrogens (tertiary/aromatic N) is 1. The van der Waals surface area contributed by atoms with Crippen molar-refractivity contribution in [1.29, 1.82) is 0 Å². The van der Waals surface area contributed by atoms with Crippen molar-refractivity contribution in [3.05, 3.63) is 42.1 Å². The topological polar surface area (TPSA) is 54.0 Å². The van der Waals surface area contributed by atoms with Crippen LogP contribution in [0, 0.1) is 0 Å². The van der Waals surface area contributed by atoms with E-state index in [1.807, 2.05) is 37.3 Å². The molecule has 0 aliphatic carbocycles. The minimum atomic E-state index is -0.187. The van der Waals surface area contributed by atoms with Crippen LogP contribution in [0.2, 0.25) is 0 Å². The predicted octanol–water partition coefficient (Wildman–Crippen LogP) is 1.46. The van der Waals surface area contributed by atoms with Crippen LogP contribution < -0.4 is 10.6 Å². The molecule has 0 saturated heterocycles. The standard InChI is InChI=1S/C14H17N3O/c1-10(15-2)14(18)17-9-12-6-3-5-11-7-4-8-16-13(11)12/h3-8,10,15H,9H2,1-2H3,(H,17,18). The Balaban J connectivity index is 2.15. The van der Waals surface area contributed by atoms with E-state index in [2.05, 4.69) is 15.6 Å². The van der Waals surface area contributed by atoms with Crippen LogP contribution in [0.15, 0.2) is 36.5 Å². The van der Waals surface area contributed by atoms with E-state index in [-0.39, 0.29) is 11.9 Å². The summed E-state index contributed by atoms with van der Waals surface area (Å²) in [6.07, 6.45) is 1.77. The minimum Gasteiger partial charge on any atom is -0.351 e. The van der Waals surface area contributed by atoms with Crippen molar-refractivity contribution in [2.45, 2.75) is 19.5 Å². The molecule has 18 heavy (non-hydrogen) atoms. The first-order valence-corrected chi connectivity index (χ1v) is 6.00. The molecule has 1 heterocycles. The summed E-state index contributed by atoms with van der Waals surface area (Å²) in [4.78, 5) is 16.0. The highest BCUT2D eigenvalue weighted by molar-refractivity contribution is 5.84. The molecule has 94 valence electrons. The summed E-state index contributed by atoms with van der Waals surface area (Å²) in [5.41, 5.74) is 1.97. The summed E-state index contributed by atoms with van der Waals surface area (Å²) >= 11 is 0. The molecule has 2 N–H and O–H groups in total. The van der Waals surface area contributed by atoms with Gasteiger partial charge in [0, 0.05) is 18.1 Å². The summed E-state index contributed by atoms with van der Waals surface area (Å²) in [6, 6.07) is 9.72. The van der Waals surface area contributed by atoms with Crippen molar-refractivity contribution in [3.8, 4) is 0 Å². The number of rotatable bonds is 4. The molecule has 0 fully saturated rings. The average Bonchev–Trinajstić information content (AvgIpc) is 2.43. The van der Waals surface area contributed by atoms with Crippen LogP contribution in [-0.4, -0.2) is 24.0 Å². The molecular formula is C14H17N3O. The zero-order valence-electron chi connectivity index (χ0n) is 10.6. The van der Waals surface area contributed by atoms with Gasteiger partial charge in [0.25, 0.3) is 0 Å². The lowest BCUT2D eigenvalue weighted by Crippen LogP contribution is -2.40. The van der Waals surface area contributed by atoms with Gasteiger partial charge in [0.15, 0.2) is 0 Å². The number of aromatic nitrogens is 1. The Morgan fingerprint density at radius 1 is 1.33 bits per heavy atom. The maximum atomic E-state index is 11.7. The highest BCUT2D eigenvalue weighted by Crippen LogP contribution is 2.15. The molecule has 1 amide bonds. The number of hydrogen-bond donors (Lipinski definition) is 2. The molecule has 2 rings (SSSR count). The van der Waals surface area contributed by atoms with Gasteiger partial charge in [-0.15, -0.1) is 0 Å². The van der Waals surface area contributed by atoms with Crippen LogP contribution in [-0.2, 0) is 11.3 Å². The number of carbonyl (C=O) groups is 1. The molecule has 0 bridgehead atoms. The highest BCUT2D eigenvalue weighted by atomic mass is 16.2. The van der Waals surface area contributed by atoms with Gasteiger partial charge in [0.2, 0.25) is 5.91 Å². The van der Waals surface area contributed by atoms with Gasteiger partial charge in [-0.3, -0.25) is 9.78 Å². The molecule has 4 nitrogen and oxygen atoms in total. The minimum absolute atomic E-state index is 0.00886. The molecule has 1 unspecified atom stereocenters. The Hall–Kier alpha value is -1.94. The van der Waals surface area contributed by atoms with Crippen molar-refractivity contribution in [1.82, 2.24) is 15.6 Å². The molecule has 1 aromatic carbocycles. The van der Waals surface area contributed by atoms with E-state index in [1.165, 1.54) is 0 Å². The summed E-state index contributed by atoms with van der Waals surface area (Å²) in [5, 5.41) is 6.90. The fraction of sp³-hybridized carbons (Fsp3) is 0.286. The molecule has 0 aliphatic rings. The van der Waals surface area contributed by atoms with Gasteiger partial charge in [-0.25, -0.2) is 0 Å². The molecule has 1 atom stereocenters. The maximum absolute atomic E-state index is 11.7. The first-order chi connectivity index (χ1) is 8.72. The summed E-state index contributed by atoms with van der Waals surface area (Å²) < 4.78 is 0. The second-order valence-electron chi connectivity index (χ2n) is 4.22. The van der Waals surface area contributed by atoms with Crippen molar-refractivity contribution >= 4 is 16.8 Å². The summed E-state index contributed by atoms with van der Waals surface area (Å²) in [5.74, 6) is -0.00886. The van der Waals surface area contributed by atoms with Gasteiger partial charge >= 0.3 is 0 Å². The van der Waals surface area contributed by atoms with Crippen molar-refractivity contribution in [2.24, 2.45) is 0 Å². The van der Waals surface area contributed by atoms with E-state index in [9.17, 15) is 4.79 Å². The quantitative estimate of drug-likeness (QED) is 0.854. The Kier molecular flexibility index (Phi) is 3.89. The number of pyridine rings is 1. The molecular weight excluding hydrogens is 226 g/mol. The van der Waals surface area contributed by atoms with Gasteiger partial charge in [0.1, 0.15) is 0 Å². The fourth-order valence-electron chi connectivity index (χ4n) is 1.78. The van der Waals surface area contributed by atoms with Gasteiger partial charge < -0.3 is 10.6 Å². The lowest BCUT2D eigenvalue weighted by Gasteiger charge is -2.11. The van der Waals surface area contributed by atoms with E-state index < -0.39 is 0 Å². The monoisotopic (exact) mass is 243 g/mol. The number of benzene rings is 1. The molecule has 0 saturated carbocycles. The zero-order chi connectivity index (χ0) is 13.0. The Bertz CT molecular complexity index is 548. The van der Waals surface area contributed by atoms with E-state index >= 15 is 0 Å². The number of hydrogen-bond acceptors (Lipinski definition) is 3. The van der Waals surface area contributed by atoms with Crippen molar-refractivity contribution < 1.29 is 4.79 Å². The molecule has 0 spiro atoms. The van der Waals surface area contributed by atoms with Crippen LogP contribution in [0.5, 0.6) is 0 Å². The van der Waals surface area contributed by atoms with E-state index in [4.69, 9.17) is 0 Å². The fourth-order valence-corrected chi connectivity index (χ4v) is 1.78. The Morgan fingerprint density at radius 2 is 2.11 bits per heavy atom. The van der Waals surface area contributed by atoms with Gasteiger partial charge in [-0.2, -0.15) is 0 Å². The number of amides is 1. The predicted molar refractivity (Wildman–Crippen MR) is 72.1 cm³/mol. The lowest BCUT2D eigenvalue weighted by molar-refractivity contribution is -0.122. The Labute approximate surface area is 106 Å². The average molecular weight is 243 g/mol. The van der Waals surface area contributed by atoms with Crippen LogP contribution in [0.4, 0.5) is 0 Å². The van der Waals surface area contributed by atoms with E-state index in [0.717, 1.165) is 16.5 Å². The van der Waals surface area contributed by atoms with Crippen LogP contribution in [0.1, 0.15) is 12.5 Å². The van der Waals surface area contributed by atoms with Crippen molar-refractivity contribution in [3.63, 3.8) is 0 Å². The van der Waals surface area contributed by atoms with Gasteiger partial charge in [-0.05, 0) is 25.6 Å². The second-order valence-corrected chi connectivity index (χ2v) is 4.22. The molecule has 1 aromatic heterocycles. The second kappa shape index (κ2) is 5.60. The Morgan fingerprint density at radius 3 is 2.89 bits per heavy atom. The number of carbonyl (C=O) groups excluding carboxylic acids is 1. The van der Waals surface area contributed by atoms with Gasteiger partial charge in [0.05, 0.1) is 11.6 Å². The van der Waals surface area contributed by atoms with Crippen LogP contribution in [0.3, 0.4) is 0 Å². The van der Waals surface area contributed by atoms with E-state index in [0.29, 0.717) is 6.54 Å². The first-order valence-electron chi connectivity index (χ1n) is 6.00. The summed E-state index contributed by atoms with van der Waals surface area (Å²) in [6.45, 7) is 2.33. The largest absolute Gasteiger partial charge is 0.351 e. The zero-order valence-corrected chi connectivity index (χ0v) is 10.6. The van der Waals surface area contributed by atoms with E-state index in [1.54, 1.807) is 13.2 Å². The highest BCUT2D eigenvalue weighted by Gasteiger charge is 2.10. The number of likely N-dealkylation sites (N-methyl/N-ethyl adjacent to an activating group) is 1. The molecule has 0 radical (unpaired) electrons. The third-order valence-corrected chi connectivity index (χ3v) is 3.00. The third kappa shape index (κ3) is 2.65. The van der Waals surface area contributed by atoms with Crippen LogP contribution in [0.25, 0.3) is 10.9 Å². The molecule has 4 heteroatoms. The number of fused-ring (bicyclic) bond motifs is 1. The normalized spacial score (nSPS) is 12.3. The van der Waals surface area contributed by atoms with Gasteiger partial charge in [-0.1, -0.05) is 24.3 Å². The number of nitrogens with one attached hydrogen (secondary N) is 2. The van der Waals surface area contributed by atoms with Crippen molar-refractivity contribution in [2.75, 3.05) is 7.05 Å². The number of para-hydroxylation sites is 1. The first kappa shape index (κ1) is 12.5. The smallest absolute Gasteiger partial charge is 0.237 e.